The highest BCUT2D eigenvalue weighted by atomic mass is 35.5. The number of nitrogens with one attached hydrogen (secondary N) is 2. The van der Waals surface area contributed by atoms with E-state index < -0.39 is 23.7 Å². The minimum absolute atomic E-state index is 0.233. The molecule has 0 spiro atoms. The fraction of sp³-hybridized carbons (Fsp3) is 0.308. The van der Waals surface area contributed by atoms with Crippen LogP contribution in [0.4, 0.5) is 18.3 Å². The summed E-state index contributed by atoms with van der Waals surface area (Å²) in [4.78, 5) is 27.0. The molecule has 0 unspecified atom stereocenters. The number of ether oxygens (including phenoxy) is 1. The Labute approximate surface area is 142 Å². The van der Waals surface area contributed by atoms with Crippen LogP contribution in [0, 0.1) is 0 Å². The van der Waals surface area contributed by atoms with Crippen molar-refractivity contribution in [2.75, 3.05) is 12.4 Å². The molecule has 24 heavy (non-hydrogen) atoms. The number of aromatic nitrogens is 1. The third-order valence-corrected chi connectivity index (χ3v) is 4.09. The molecule has 1 aromatic heterocycles. The predicted octanol–water partition coefficient (Wildman–Crippen LogP) is 2.93. The number of benzene rings is 1. The lowest BCUT2D eigenvalue weighted by molar-refractivity contribution is -0.206. The summed E-state index contributed by atoms with van der Waals surface area (Å²) in [5.74, 6) is -2.79. The normalized spacial score (nSPS) is 14.1. The van der Waals surface area contributed by atoms with E-state index in [1.807, 2.05) is 5.32 Å². The monoisotopic (exact) mass is 381 g/mol. The smallest absolute Gasteiger partial charge is 0.442 e. The van der Waals surface area contributed by atoms with Gasteiger partial charge in [-0.1, -0.05) is 22.9 Å². The van der Waals surface area contributed by atoms with Crippen LogP contribution in [-0.4, -0.2) is 35.8 Å². The van der Waals surface area contributed by atoms with Crippen LogP contribution < -0.4 is 10.6 Å². The van der Waals surface area contributed by atoms with E-state index in [4.69, 9.17) is 11.6 Å². The summed E-state index contributed by atoms with van der Waals surface area (Å²) in [5.41, 5.74) is -3.07. The fourth-order valence-corrected chi connectivity index (χ4v) is 3.12. The van der Waals surface area contributed by atoms with Crippen molar-refractivity contribution in [1.82, 2.24) is 10.3 Å². The Kier molecular flexibility index (Phi) is 4.90. The van der Waals surface area contributed by atoms with E-state index in [1.54, 1.807) is 5.32 Å². The first-order chi connectivity index (χ1) is 11.1. The number of hydrogen-bond acceptors (Lipinski definition) is 6. The Balaban J connectivity index is 2.53. The van der Waals surface area contributed by atoms with Gasteiger partial charge in [0.05, 0.1) is 17.3 Å². The van der Waals surface area contributed by atoms with Crippen molar-refractivity contribution in [3.05, 3.63) is 23.2 Å². The van der Waals surface area contributed by atoms with Gasteiger partial charge in [-0.3, -0.25) is 4.79 Å². The molecule has 2 rings (SSSR count). The maximum atomic E-state index is 13.6. The molecule has 6 nitrogen and oxygen atoms in total. The molecule has 0 aliphatic carbocycles. The number of carbonyl (C=O) groups is 2. The van der Waals surface area contributed by atoms with Crippen LogP contribution in [-0.2, 0) is 14.3 Å². The van der Waals surface area contributed by atoms with Gasteiger partial charge < -0.3 is 15.4 Å². The maximum absolute atomic E-state index is 13.6. The van der Waals surface area contributed by atoms with Crippen molar-refractivity contribution in [1.29, 1.82) is 0 Å². The number of halogens is 4. The van der Waals surface area contributed by atoms with Crippen LogP contribution in [0.25, 0.3) is 10.2 Å². The Morgan fingerprint density at radius 2 is 2.00 bits per heavy atom. The van der Waals surface area contributed by atoms with Gasteiger partial charge >= 0.3 is 17.8 Å². The van der Waals surface area contributed by atoms with Gasteiger partial charge in [0.2, 0.25) is 5.91 Å². The van der Waals surface area contributed by atoms with Crippen molar-refractivity contribution < 1.29 is 27.5 Å². The third-order valence-electron chi connectivity index (χ3n) is 2.93. The molecular weight excluding hydrogens is 371 g/mol. The average Bonchev–Trinajstić information content (AvgIpc) is 2.85. The topological polar surface area (TPSA) is 80.3 Å². The van der Waals surface area contributed by atoms with Crippen molar-refractivity contribution in [2.45, 2.75) is 18.8 Å². The number of esters is 1. The lowest BCUT2D eigenvalue weighted by Gasteiger charge is -2.33. The quantitative estimate of drug-likeness (QED) is 0.628. The highest BCUT2D eigenvalue weighted by Crippen LogP contribution is 2.36. The van der Waals surface area contributed by atoms with Crippen LogP contribution >= 0.6 is 22.9 Å². The number of carbonyl (C=O) groups excluding carboxylic acids is 2. The Morgan fingerprint density at radius 1 is 1.33 bits per heavy atom. The Hall–Kier alpha value is -2.07. The summed E-state index contributed by atoms with van der Waals surface area (Å²) < 4.78 is 45.4. The second kappa shape index (κ2) is 6.44. The van der Waals surface area contributed by atoms with Crippen LogP contribution in [0.2, 0.25) is 5.02 Å². The SMILES string of the molecule is COC(=O)[C@](NC(C)=O)(Nc1nc2ccc(Cl)cc2s1)C(F)(F)F. The van der Waals surface area contributed by atoms with Crippen molar-refractivity contribution >= 4 is 50.2 Å². The summed E-state index contributed by atoms with van der Waals surface area (Å²) in [6.45, 7) is 0.850. The van der Waals surface area contributed by atoms with E-state index in [-0.39, 0.29) is 5.13 Å². The third kappa shape index (κ3) is 3.39. The highest BCUT2D eigenvalue weighted by Gasteiger charge is 2.63. The van der Waals surface area contributed by atoms with E-state index in [1.165, 1.54) is 18.2 Å². The fourth-order valence-electron chi connectivity index (χ4n) is 1.92. The average molecular weight is 382 g/mol. The molecule has 0 saturated carbocycles. The van der Waals surface area contributed by atoms with Gasteiger partial charge in [-0.05, 0) is 18.2 Å². The molecule has 130 valence electrons. The molecule has 0 aliphatic heterocycles. The minimum Gasteiger partial charge on any atom is -0.466 e. The first kappa shape index (κ1) is 18.3. The number of anilines is 1. The van der Waals surface area contributed by atoms with Crippen molar-refractivity contribution in [2.24, 2.45) is 0 Å². The zero-order valence-corrected chi connectivity index (χ0v) is 13.9. The maximum Gasteiger partial charge on any atom is 0.442 e. The number of thiazole rings is 1. The van der Waals surface area contributed by atoms with Crippen LogP contribution in [0.3, 0.4) is 0 Å². The van der Waals surface area contributed by atoms with E-state index >= 15 is 0 Å². The second-order valence-electron chi connectivity index (χ2n) is 4.68. The molecule has 2 N–H and O–H groups in total. The Morgan fingerprint density at radius 3 is 2.54 bits per heavy atom. The van der Waals surface area contributed by atoms with E-state index in [0.717, 1.165) is 25.4 Å². The van der Waals surface area contributed by atoms with E-state index in [2.05, 4.69) is 9.72 Å². The molecule has 0 aliphatic rings. The zero-order valence-electron chi connectivity index (χ0n) is 12.3. The zero-order chi connectivity index (χ0) is 18.1. The molecule has 1 aromatic carbocycles. The summed E-state index contributed by atoms with van der Waals surface area (Å²) in [7, 11) is 0.782. The van der Waals surface area contributed by atoms with Crippen LogP contribution in [0.1, 0.15) is 6.92 Å². The summed E-state index contributed by atoms with van der Waals surface area (Å²) >= 11 is 6.67. The summed E-state index contributed by atoms with van der Waals surface area (Å²) in [6.07, 6.45) is -5.18. The molecule has 0 saturated heterocycles. The number of hydrogen-bond donors (Lipinski definition) is 2. The molecule has 1 heterocycles. The summed E-state index contributed by atoms with van der Waals surface area (Å²) in [6, 6.07) is 4.56. The first-order valence-corrected chi connectivity index (χ1v) is 7.56. The first-order valence-electron chi connectivity index (χ1n) is 6.37. The van der Waals surface area contributed by atoms with Gasteiger partial charge in [0, 0.05) is 11.9 Å². The van der Waals surface area contributed by atoms with Crippen molar-refractivity contribution in [3.63, 3.8) is 0 Å². The Bertz CT molecular complexity index is 796. The van der Waals surface area contributed by atoms with Gasteiger partial charge in [-0.15, -0.1) is 0 Å². The number of alkyl halides is 3. The molecule has 1 atom stereocenters. The van der Waals surface area contributed by atoms with Crippen LogP contribution in [0.5, 0.6) is 0 Å². The number of nitrogens with zero attached hydrogens (tertiary/aromatic N) is 1. The number of methoxy groups -OCH3 is 1. The number of fused-ring (bicyclic) bond motifs is 1. The van der Waals surface area contributed by atoms with Crippen LogP contribution in [0.15, 0.2) is 18.2 Å². The largest absolute Gasteiger partial charge is 0.466 e. The summed E-state index contributed by atoms with van der Waals surface area (Å²) in [5, 5.41) is 3.69. The molecule has 0 fully saturated rings. The van der Waals surface area contributed by atoms with Gasteiger partial charge in [-0.2, -0.15) is 13.2 Å². The molecular formula is C13H11ClF3N3O3S. The molecule has 11 heteroatoms. The van der Waals surface area contributed by atoms with Gasteiger partial charge in [0.25, 0.3) is 0 Å². The van der Waals surface area contributed by atoms with Crippen molar-refractivity contribution in [3.8, 4) is 0 Å². The predicted molar refractivity (Wildman–Crippen MR) is 82.9 cm³/mol. The lowest BCUT2D eigenvalue weighted by Crippen LogP contribution is -2.69. The lowest BCUT2D eigenvalue weighted by atomic mass is 10.1. The molecule has 0 radical (unpaired) electrons. The second-order valence-corrected chi connectivity index (χ2v) is 6.14. The molecule has 0 bridgehead atoms. The standard InChI is InChI=1S/C13H11ClF3N3O3S/c1-6(21)19-12(10(22)23-2,13(15,16)17)20-11-18-8-4-3-7(14)5-9(8)24-11/h3-5H,1-2H3,(H,18,20)(H,19,21)/t12-/m0/s1. The minimum atomic E-state index is -5.18. The number of amides is 1. The van der Waals surface area contributed by atoms with Gasteiger partial charge in [0.15, 0.2) is 5.13 Å². The highest BCUT2D eigenvalue weighted by molar-refractivity contribution is 7.22. The number of rotatable bonds is 4. The molecule has 2 aromatic rings. The molecule has 1 amide bonds. The van der Waals surface area contributed by atoms with Gasteiger partial charge in [-0.25, -0.2) is 9.78 Å². The van der Waals surface area contributed by atoms with E-state index in [9.17, 15) is 22.8 Å². The van der Waals surface area contributed by atoms with Gasteiger partial charge in [0.1, 0.15) is 0 Å². The van der Waals surface area contributed by atoms with E-state index in [0.29, 0.717) is 15.2 Å².